The number of carbonyl (C=O) groups excluding carboxylic acids is 1. The molecule has 0 radical (unpaired) electrons. The van der Waals surface area contributed by atoms with Crippen molar-refractivity contribution < 1.29 is 19.1 Å². The van der Waals surface area contributed by atoms with Gasteiger partial charge < -0.3 is 10.4 Å². The molecule has 98 valence electrons. The van der Waals surface area contributed by atoms with Gasteiger partial charge in [0.25, 0.3) is 5.91 Å². The van der Waals surface area contributed by atoms with Crippen LogP contribution in [0.15, 0.2) is 36.4 Å². The molecule has 0 saturated carbocycles. The second-order valence-electron chi connectivity index (χ2n) is 3.78. The monoisotopic (exact) mass is 279 g/mol. The van der Waals surface area contributed by atoms with E-state index in [1.165, 1.54) is 24.3 Å². The summed E-state index contributed by atoms with van der Waals surface area (Å²) < 4.78 is 12.7. The summed E-state index contributed by atoms with van der Waals surface area (Å²) in [7, 11) is 0. The minimum atomic E-state index is -1.05. The molecule has 0 atom stereocenters. The van der Waals surface area contributed by atoms with E-state index in [1.807, 2.05) is 0 Å². The van der Waals surface area contributed by atoms with Crippen molar-refractivity contribution in [1.29, 1.82) is 0 Å². The van der Waals surface area contributed by atoms with Gasteiger partial charge in [0.1, 0.15) is 10.7 Å². The van der Waals surface area contributed by atoms with E-state index in [9.17, 15) is 14.0 Å². The average molecular weight is 279 g/mol. The first-order valence-electron chi connectivity index (χ1n) is 5.42. The van der Waals surface area contributed by atoms with Crippen LogP contribution in [0.25, 0.3) is 0 Å². The maximum Gasteiger partial charge on any atom is 0.345 e. The van der Waals surface area contributed by atoms with Crippen molar-refractivity contribution in [3.63, 3.8) is 0 Å². The summed E-state index contributed by atoms with van der Waals surface area (Å²) in [6.45, 7) is 0.263. The number of carboxylic acids is 1. The molecule has 0 unspecified atom stereocenters. The lowest BCUT2D eigenvalue weighted by Crippen LogP contribution is -2.21. The number of carbonyl (C=O) groups is 2. The second kappa shape index (κ2) is 5.62. The standard InChI is InChI=1S/C13H10FNO3S/c14-9-3-1-8(2-4-9)7-15-12(16)10-5-6-11(19-10)13(17)18/h1-6H,7H2,(H,15,16)(H,17,18). The number of hydrogen-bond donors (Lipinski definition) is 2. The minimum Gasteiger partial charge on any atom is -0.477 e. The Bertz CT molecular complexity index is 607. The van der Waals surface area contributed by atoms with Gasteiger partial charge in [0.2, 0.25) is 0 Å². The lowest BCUT2D eigenvalue weighted by molar-refractivity contribution is 0.0702. The normalized spacial score (nSPS) is 10.2. The average Bonchev–Trinajstić information content (AvgIpc) is 2.87. The zero-order chi connectivity index (χ0) is 13.8. The number of benzene rings is 1. The highest BCUT2D eigenvalue weighted by atomic mass is 32.1. The fourth-order valence-corrected chi connectivity index (χ4v) is 2.21. The Kier molecular flexibility index (Phi) is 3.91. The predicted molar refractivity (Wildman–Crippen MR) is 68.8 cm³/mol. The summed E-state index contributed by atoms with van der Waals surface area (Å²) in [5.41, 5.74) is 0.768. The Balaban J connectivity index is 1.97. The Morgan fingerprint density at radius 3 is 2.32 bits per heavy atom. The second-order valence-corrected chi connectivity index (χ2v) is 4.86. The molecule has 2 aromatic rings. The van der Waals surface area contributed by atoms with Crippen molar-refractivity contribution in [2.24, 2.45) is 0 Å². The first-order chi connectivity index (χ1) is 9.06. The SMILES string of the molecule is O=C(O)c1ccc(C(=O)NCc2ccc(F)cc2)s1. The van der Waals surface area contributed by atoms with Crippen LogP contribution in [0.5, 0.6) is 0 Å². The molecule has 1 aromatic carbocycles. The Morgan fingerprint density at radius 1 is 1.11 bits per heavy atom. The summed E-state index contributed by atoms with van der Waals surface area (Å²) >= 11 is 0.915. The molecule has 1 amide bonds. The van der Waals surface area contributed by atoms with Gasteiger partial charge in [-0.3, -0.25) is 4.79 Å². The van der Waals surface area contributed by atoms with Gasteiger partial charge in [0.15, 0.2) is 0 Å². The molecule has 2 N–H and O–H groups in total. The van der Waals surface area contributed by atoms with Gasteiger partial charge in [0, 0.05) is 6.54 Å². The zero-order valence-corrected chi connectivity index (χ0v) is 10.5. The molecule has 0 aliphatic rings. The van der Waals surface area contributed by atoms with E-state index in [0.29, 0.717) is 4.88 Å². The Hall–Kier alpha value is -2.21. The maximum absolute atomic E-state index is 12.7. The molecule has 2 rings (SSSR count). The van der Waals surface area contributed by atoms with Crippen LogP contribution >= 0.6 is 11.3 Å². The van der Waals surface area contributed by atoms with E-state index in [0.717, 1.165) is 16.9 Å². The molecule has 0 aliphatic carbocycles. The fraction of sp³-hybridized carbons (Fsp3) is 0.0769. The quantitative estimate of drug-likeness (QED) is 0.903. The van der Waals surface area contributed by atoms with Gasteiger partial charge in [-0.25, -0.2) is 9.18 Å². The minimum absolute atomic E-state index is 0.118. The van der Waals surface area contributed by atoms with Crippen LogP contribution in [0, 0.1) is 5.82 Å². The predicted octanol–water partition coefficient (Wildman–Crippen LogP) is 2.52. The third-order valence-electron chi connectivity index (χ3n) is 2.41. The first kappa shape index (κ1) is 13.2. The molecule has 4 nitrogen and oxygen atoms in total. The van der Waals surface area contributed by atoms with Gasteiger partial charge >= 0.3 is 5.97 Å². The van der Waals surface area contributed by atoms with Gasteiger partial charge in [-0.05, 0) is 29.8 Å². The van der Waals surface area contributed by atoms with Crippen LogP contribution in [0.2, 0.25) is 0 Å². The van der Waals surface area contributed by atoms with Crippen LogP contribution in [0.1, 0.15) is 24.9 Å². The third kappa shape index (κ3) is 3.38. The molecule has 0 spiro atoms. The lowest BCUT2D eigenvalue weighted by Gasteiger charge is -2.03. The van der Waals surface area contributed by atoms with Gasteiger partial charge in [-0.1, -0.05) is 12.1 Å². The van der Waals surface area contributed by atoms with Gasteiger partial charge in [0.05, 0.1) is 4.88 Å². The largest absolute Gasteiger partial charge is 0.477 e. The molecule has 0 aliphatic heterocycles. The van der Waals surface area contributed by atoms with E-state index in [-0.39, 0.29) is 23.1 Å². The van der Waals surface area contributed by atoms with Crippen LogP contribution in [0.3, 0.4) is 0 Å². The molecule has 0 bridgehead atoms. The first-order valence-corrected chi connectivity index (χ1v) is 6.23. The summed E-state index contributed by atoms with van der Waals surface area (Å²) in [4.78, 5) is 22.9. The summed E-state index contributed by atoms with van der Waals surface area (Å²) in [5.74, 6) is -1.73. The highest BCUT2D eigenvalue weighted by Crippen LogP contribution is 2.16. The number of carboxylic acid groups (broad SMARTS) is 1. The molecular formula is C13H10FNO3S. The highest BCUT2D eigenvalue weighted by Gasteiger charge is 2.12. The molecule has 1 heterocycles. The molecule has 1 aromatic heterocycles. The van der Waals surface area contributed by atoms with E-state index < -0.39 is 5.97 Å². The van der Waals surface area contributed by atoms with E-state index in [1.54, 1.807) is 12.1 Å². The molecule has 19 heavy (non-hydrogen) atoms. The van der Waals surface area contributed by atoms with Crippen molar-refractivity contribution in [2.75, 3.05) is 0 Å². The van der Waals surface area contributed by atoms with Crippen LogP contribution < -0.4 is 5.32 Å². The van der Waals surface area contributed by atoms with Gasteiger partial charge in [-0.2, -0.15) is 0 Å². The molecule has 0 saturated heterocycles. The van der Waals surface area contributed by atoms with Crippen molar-refractivity contribution in [3.8, 4) is 0 Å². The number of aromatic carboxylic acids is 1. The van der Waals surface area contributed by atoms with E-state index in [4.69, 9.17) is 5.11 Å². The fourth-order valence-electron chi connectivity index (χ4n) is 1.45. The number of thiophene rings is 1. The topological polar surface area (TPSA) is 66.4 Å². The molecule has 6 heteroatoms. The van der Waals surface area contributed by atoms with Crippen LogP contribution in [0.4, 0.5) is 4.39 Å². The smallest absolute Gasteiger partial charge is 0.345 e. The summed E-state index contributed by atoms with van der Waals surface area (Å²) in [6, 6.07) is 8.64. The van der Waals surface area contributed by atoms with Crippen LogP contribution in [-0.4, -0.2) is 17.0 Å². The summed E-state index contributed by atoms with van der Waals surface area (Å²) in [5, 5.41) is 11.4. The Morgan fingerprint density at radius 2 is 1.74 bits per heavy atom. The highest BCUT2D eigenvalue weighted by molar-refractivity contribution is 7.15. The van der Waals surface area contributed by atoms with Crippen molar-refractivity contribution >= 4 is 23.2 Å². The van der Waals surface area contributed by atoms with E-state index >= 15 is 0 Å². The number of amides is 1. The summed E-state index contributed by atoms with van der Waals surface area (Å²) in [6.07, 6.45) is 0. The number of rotatable bonds is 4. The van der Waals surface area contributed by atoms with Crippen molar-refractivity contribution in [1.82, 2.24) is 5.32 Å². The maximum atomic E-state index is 12.7. The lowest BCUT2D eigenvalue weighted by atomic mass is 10.2. The number of hydrogen-bond acceptors (Lipinski definition) is 3. The molecule has 0 fully saturated rings. The number of nitrogens with one attached hydrogen (secondary N) is 1. The Labute approximate surface area is 112 Å². The molecular weight excluding hydrogens is 269 g/mol. The van der Waals surface area contributed by atoms with Gasteiger partial charge in [-0.15, -0.1) is 11.3 Å². The van der Waals surface area contributed by atoms with Crippen molar-refractivity contribution in [2.45, 2.75) is 6.54 Å². The number of halogens is 1. The zero-order valence-electron chi connectivity index (χ0n) is 9.72. The van der Waals surface area contributed by atoms with Crippen molar-refractivity contribution in [3.05, 3.63) is 57.5 Å². The van der Waals surface area contributed by atoms with E-state index in [2.05, 4.69) is 5.32 Å². The third-order valence-corrected chi connectivity index (χ3v) is 3.48. The van der Waals surface area contributed by atoms with Crippen LogP contribution in [-0.2, 0) is 6.54 Å².